The molecule has 0 unspecified atom stereocenters. The number of amides is 2. The maximum absolute atomic E-state index is 12.5. The molecule has 0 spiro atoms. The van der Waals surface area contributed by atoms with Gasteiger partial charge in [-0.05, 0) is 16.7 Å². The van der Waals surface area contributed by atoms with Gasteiger partial charge in [0.05, 0.1) is 7.11 Å². The Kier molecular flexibility index (Phi) is 8.70. The minimum atomic E-state index is -1.61. The molecule has 2 aromatic rings. The smallest absolute Gasteiger partial charge is 0.408 e. The number of hydrogen-bond acceptors (Lipinski definition) is 6. The average molecular weight is 411 g/mol. The van der Waals surface area contributed by atoms with E-state index in [-0.39, 0.29) is 13.0 Å². The summed E-state index contributed by atoms with van der Waals surface area (Å²) < 4.78 is 9.74. The first-order chi connectivity index (χ1) is 14.5. The van der Waals surface area contributed by atoms with Gasteiger partial charge in [-0.3, -0.25) is 4.79 Å². The molecule has 0 aliphatic rings. The molecule has 2 amide bonds. The lowest BCUT2D eigenvalue weighted by Gasteiger charge is -2.19. The molecule has 0 heterocycles. The lowest BCUT2D eigenvalue weighted by Crippen LogP contribution is -2.51. The van der Waals surface area contributed by atoms with Crippen LogP contribution in [0.2, 0.25) is 0 Å². The molecule has 0 aliphatic carbocycles. The van der Waals surface area contributed by atoms with Gasteiger partial charge in [0.15, 0.2) is 6.17 Å². The Balaban J connectivity index is 2.00. The van der Waals surface area contributed by atoms with Crippen LogP contribution in [0.5, 0.6) is 0 Å². The van der Waals surface area contributed by atoms with Gasteiger partial charge in [-0.25, -0.2) is 9.59 Å². The van der Waals surface area contributed by atoms with Crippen molar-refractivity contribution in [2.45, 2.75) is 25.2 Å². The second-order valence-electron chi connectivity index (χ2n) is 6.09. The summed E-state index contributed by atoms with van der Waals surface area (Å²) in [6.45, 7) is -0.0317. The molecule has 10 nitrogen and oxygen atoms in total. The number of carbonyl (C=O) groups excluding carboxylic acids is 3. The Morgan fingerprint density at radius 2 is 1.60 bits per heavy atom. The van der Waals surface area contributed by atoms with E-state index in [2.05, 4.69) is 20.7 Å². The van der Waals surface area contributed by atoms with Crippen LogP contribution in [-0.2, 0) is 32.1 Å². The molecular formula is C20H21N5O5. The largest absolute Gasteiger partial charge is 0.467 e. The van der Waals surface area contributed by atoms with E-state index in [4.69, 9.17) is 15.0 Å². The van der Waals surface area contributed by atoms with Crippen molar-refractivity contribution in [3.8, 4) is 0 Å². The molecular weight excluding hydrogens is 390 g/mol. The number of hydrogen-bond donors (Lipinski definition) is 2. The second-order valence-corrected chi connectivity index (χ2v) is 6.09. The molecule has 2 rings (SSSR count). The molecule has 0 saturated heterocycles. The maximum Gasteiger partial charge on any atom is 0.408 e. The summed E-state index contributed by atoms with van der Waals surface area (Å²) in [5.74, 6) is -1.56. The summed E-state index contributed by atoms with van der Waals surface area (Å²) in [4.78, 5) is 39.1. The first kappa shape index (κ1) is 22.3. The Hall–Kier alpha value is -4.04. The van der Waals surface area contributed by atoms with Crippen LogP contribution in [0, 0.1) is 0 Å². The molecule has 30 heavy (non-hydrogen) atoms. The standard InChI is InChI=1S/C20H21N5O5/c1-29-19(27)16(12-14-8-4-2-5-9-14)22-18(26)17(24-25-21)23-20(28)30-13-15-10-6-3-7-11-15/h2-11,16-17H,12-13H2,1H3,(H,22,26)(H,23,28)/t16-,17-/m0/s1. The number of methoxy groups -OCH3 is 1. The minimum absolute atomic E-state index is 0.0317. The first-order valence-corrected chi connectivity index (χ1v) is 8.97. The zero-order valence-corrected chi connectivity index (χ0v) is 16.2. The monoisotopic (exact) mass is 411 g/mol. The molecule has 0 aromatic heterocycles. The molecule has 0 saturated carbocycles. The van der Waals surface area contributed by atoms with Crippen LogP contribution in [0.15, 0.2) is 65.8 Å². The third-order valence-electron chi connectivity index (χ3n) is 3.97. The van der Waals surface area contributed by atoms with Gasteiger partial charge in [-0.2, -0.15) is 0 Å². The number of esters is 1. The number of nitrogens with zero attached hydrogens (tertiary/aromatic N) is 3. The Labute approximate surface area is 172 Å². The number of nitrogens with one attached hydrogen (secondary N) is 2. The van der Waals surface area contributed by atoms with Crippen molar-refractivity contribution >= 4 is 18.0 Å². The highest BCUT2D eigenvalue weighted by atomic mass is 16.5. The van der Waals surface area contributed by atoms with Crippen LogP contribution in [0.3, 0.4) is 0 Å². The van der Waals surface area contributed by atoms with E-state index in [0.29, 0.717) is 0 Å². The summed E-state index contributed by atoms with van der Waals surface area (Å²) >= 11 is 0. The van der Waals surface area contributed by atoms with E-state index in [1.807, 2.05) is 12.1 Å². The third-order valence-corrected chi connectivity index (χ3v) is 3.97. The predicted molar refractivity (Wildman–Crippen MR) is 107 cm³/mol. The van der Waals surface area contributed by atoms with Gasteiger partial charge in [0, 0.05) is 11.3 Å². The minimum Gasteiger partial charge on any atom is -0.467 e. The number of azide groups is 1. The number of benzene rings is 2. The SMILES string of the molecule is COC(=O)[C@H](Cc1ccccc1)NC(=O)[C@H](N=[N+]=[N-])NC(=O)OCc1ccccc1. The first-order valence-electron chi connectivity index (χ1n) is 8.97. The van der Waals surface area contributed by atoms with Gasteiger partial charge in [0.2, 0.25) is 5.91 Å². The highest BCUT2D eigenvalue weighted by molar-refractivity contribution is 5.89. The van der Waals surface area contributed by atoms with Gasteiger partial charge in [0.25, 0.3) is 0 Å². The highest BCUT2D eigenvalue weighted by Crippen LogP contribution is 2.06. The van der Waals surface area contributed by atoms with E-state index in [0.717, 1.165) is 11.1 Å². The number of alkyl carbamates (subject to hydrolysis) is 1. The number of ether oxygens (including phenoxy) is 2. The fourth-order valence-electron chi connectivity index (χ4n) is 2.51. The average Bonchev–Trinajstić information content (AvgIpc) is 2.77. The van der Waals surface area contributed by atoms with Crippen molar-refractivity contribution in [1.82, 2.24) is 10.6 Å². The van der Waals surface area contributed by atoms with Crippen molar-refractivity contribution < 1.29 is 23.9 Å². The van der Waals surface area contributed by atoms with E-state index in [1.165, 1.54) is 7.11 Å². The molecule has 156 valence electrons. The molecule has 2 atom stereocenters. The van der Waals surface area contributed by atoms with Crippen LogP contribution in [-0.4, -0.2) is 37.3 Å². The highest BCUT2D eigenvalue weighted by Gasteiger charge is 2.27. The molecule has 0 fully saturated rings. The Morgan fingerprint density at radius 1 is 1.00 bits per heavy atom. The van der Waals surface area contributed by atoms with Crippen molar-refractivity contribution in [1.29, 1.82) is 0 Å². The van der Waals surface area contributed by atoms with Crippen LogP contribution in [0.1, 0.15) is 11.1 Å². The Bertz CT molecular complexity index is 900. The summed E-state index contributed by atoms with van der Waals surface area (Å²) in [6.07, 6.45) is -2.41. The Morgan fingerprint density at radius 3 is 2.17 bits per heavy atom. The molecule has 2 aromatic carbocycles. The molecule has 0 bridgehead atoms. The second kappa shape index (κ2) is 11.7. The van der Waals surface area contributed by atoms with Crippen molar-refractivity contribution in [3.63, 3.8) is 0 Å². The normalized spacial score (nSPS) is 11.9. The van der Waals surface area contributed by atoms with Gasteiger partial charge >= 0.3 is 12.1 Å². The molecule has 2 N–H and O–H groups in total. The maximum atomic E-state index is 12.5. The van der Waals surface area contributed by atoms with E-state index in [1.54, 1.807) is 48.5 Å². The van der Waals surface area contributed by atoms with Crippen LogP contribution >= 0.6 is 0 Å². The fraction of sp³-hybridized carbons (Fsp3) is 0.250. The van der Waals surface area contributed by atoms with Gasteiger partial charge < -0.3 is 20.1 Å². The van der Waals surface area contributed by atoms with Crippen LogP contribution in [0.25, 0.3) is 10.4 Å². The quantitative estimate of drug-likeness (QED) is 0.282. The van der Waals surface area contributed by atoms with Crippen LogP contribution in [0.4, 0.5) is 4.79 Å². The fourth-order valence-corrected chi connectivity index (χ4v) is 2.51. The molecule has 0 aliphatic heterocycles. The van der Waals surface area contributed by atoms with E-state index < -0.39 is 30.2 Å². The van der Waals surface area contributed by atoms with E-state index in [9.17, 15) is 14.4 Å². The molecule has 10 heteroatoms. The number of carbonyl (C=O) groups is 3. The van der Waals surface area contributed by atoms with Gasteiger partial charge in [0.1, 0.15) is 12.6 Å². The topological polar surface area (TPSA) is 142 Å². The van der Waals surface area contributed by atoms with Crippen molar-refractivity contribution in [2.24, 2.45) is 5.11 Å². The van der Waals surface area contributed by atoms with E-state index >= 15 is 0 Å². The van der Waals surface area contributed by atoms with Gasteiger partial charge in [-0.1, -0.05) is 65.8 Å². The lowest BCUT2D eigenvalue weighted by atomic mass is 10.1. The summed E-state index contributed by atoms with van der Waals surface area (Å²) in [5.41, 5.74) is 10.2. The third kappa shape index (κ3) is 7.17. The number of rotatable bonds is 9. The predicted octanol–water partition coefficient (Wildman–Crippen LogP) is 2.45. The zero-order chi connectivity index (χ0) is 21.8. The van der Waals surface area contributed by atoms with Crippen molar-refractivity contribution in [3.05, 3.63) is 82.2 Å². The molecule has 0 radical (unpaired) electrons. The summed E-state index contributed by atoms with van der Waals surface area (Å²) in [7, 11) is 1.19. The zero-order valence-electron chi connectivity index (χ0n) is 16.2. The summed E-state index contributed by atoms with van der Waals surface area (Å²) in [6, 6.07) is 16.8. The van der Waals surface area contributed by atoms with Gasteiger partial charge in [-0.15, -0.1) is 0 Å². The lowest BCUT2D eigenvalue weighted by molar-refractivity contribution is -0.145. The van der Waals surface area contributed by atoms with Crippen LogP contribution < -0.4 is 10.6 Å². The summed E-state index contributed by atoms with van der Waals surface area (Å²) in [5, 5.41) is 7.87. The van der Waals surface area contributed by atoms with Crippen molar-refractivity contribution in [2.75, 3.05) is 7.11 Å².